The van der Waals surface area contributed by atoms with Crippen molar-refractivity contribution in [3.05, 3.63) is 36.4 Å². The molecule has 0 aliphatic heterocycles. The molecule has 1 aromatic carbocycles. The van der Waals surface area contributed by atoms with Crippen LogP contribution in [-0.4, -0.2) is 42.1 Å². The number of rotatable bonds is 5. The molecule has 19 heavy (non-hydrogen) atoms. The molecular formula is C11H14N4O3S. The fourth-order valence-corrected chi connectivity index (χ4v) is 2.66. The predicted octanol–water partition coefficient (Wildman–Crippen LogP) is 0.634. The molecule has 7 nitrogen and oxygen atoms in total. The largest absolute Gasteiger partial charge is 0.497 e. The van der Waals surface area contributed by atoms with Crippen molar-refractivity contribution in [1.82, 2.24) is 19.5 Å². The van der Waals surface area contributed by atoms with Gasteiger partial charge in [0.2, 0.25) is 10.0 Å². The fourth-order valence-electron chi connectivity index (χ4n) is 1.53. The molecule has 0 saturated carbocycles. The topological polar surface area (TPSA) is 88.2 Å². The number of hydrogen-bond acceptors (Lipinski definition) is 5. The van der Waals surface area contributed by atoms with Crippen LogP contribution in [-0.2, 0) is 16.6 Å². The Balaban J connectivity index is 2.20. The van der Waals surface area contributed by atoms with Gasteiger partial charge in [0.15, 0.2) is 0 Å². The van der Waals surface area contributed by atoms with E-state index in [0.717, 1.165) is 0 Å². The molecule has 0 radical (unpaired) electrons. The number of aromatic amines is 1. The number of hydrogen-bond donors (Lipinski definition) is 1. The summed E-state index contributed by atoms with van der Waals surface area (Å²) in [5.41, 5.74) is 0. The molecule has 0 fully saturated rings. The fraction of sp³-hybridized carbons (Fsp3) is 0.273. The van der Waals surface area contributed by atoms with E-state index >= 15 is 0 Å². The lowest BCUT2D eigenvalue weighted by Gasteiger charge is -2.15. The Morgan fingerprint density at radius 3 is 2.53 bits per heavy atom. The summed E-state index contributed by atoms with van der Waals surface area (Å²) in [5, 5.41) is 6.30. The van der Waals surface area contributed by atoms with Crippen LogP contribution in [0.5, 0.6) is 5.75 Å². The second-order valence-electron chi connectivity index (χ2n) is 3.87. The number of aromatic nitrogens is 3. The molecule has 8 heteroatoms. The minimum absolute atomic E-state index is 0.133. The normalized spacial score (nSPS) is 11.7. The standard InChI is InChI=1S/C11H14N4O3S/c1-15(7-11-12-8-13-14-11)19(16,17)10-5-3-9(18-2)4-6-10/h3-6,8H,7H2,1-2H3,(H,12,13,14). The van der Waals surface area contributed by atoms with Gasteiger partial charge in [-0.15, -0.1) is 0 Å². The Morgan fingerprint density at radius 2 is 2.00 bits per heavy atom. The van der Waals surface area contributed by atoms with Crippen LogP contribution in [0.4, 0.5) is 0 Å². The molecular weight excluding hydrogens is 268 g/mol. The number of sulfonamides is 1. The van der Waals surface area contributed by atoms with Crippen LogP contribution >= 0.6 is 0 Å². The Labute approximate surface area is 111 Å². The lowest BCUT2D eigenvalue weighted by molar-refractivity contribution is 0.414. The molecule has 1 heterocycles. The summed E-state index contributed by atoms with van der Waals surface area (Å²) in [4.78, 5) is 4.10. The first-order valence-corrected chi connectivity index (χ1v) is 6.92. The monoisotopic (exact) mass is 282 g/mol. The molecule has 0 amide bonds. The molecule has 2 rings (SSSR count). The van der Waals surface area contributed by atoms with Crippen molar-refractivity contribution in [2.24, 2.45) is 0 Å². The molecule has 0 saturated heterocycles. The first-order chi connectivity index (χ1) is 9.04. The smallest absolute Gasteiger partial charge is 0.243 e. The first kappa shape index (κ1) is 13.5. The Morgan fingerprint density at radius 1 is 1.32 bits per heavy atom. The van der Waals surface area contributed by atoms with Gasteiger partial charge in [-0.1, -0.05) is 0 Å². The van der Waals surface area contributed by atoms with E-state index in [9.17, 15) is 8.42 Å². The van der Waals surface area contributed by atoms with Gasteiger partial charge in [0.05, 0.1) is 18.6 Å². The van der Waals surface area contributed by atoms with Crippen molar-refractivity contribution in [3.8, 4) is 5.75 Å². The zero-order chi connectivity index (χ0) is 13.9. The van der Waals surface area contributed by atoms with Crippen molar-refractivity contribution < 1.29 is 13.2 Å². The molecule has 1 aromatic heterocycles. The summed E-state index contributed by atoms with van der Waals surface area (Å²) in [7, 11) is -0.535. The van der Waals surface area contributed by atoms with Gasteiger partial charge in [-0.2, -0.15) is 9.40 Å². The van der Waals surface area contributed by atoms with Crippen LogP contribution in [0.15, 0.2) is 35.5 Å². The molecule has 0 aliphatic rings. The second-order valence-corrected chi connectivity index (χ2v) is 5.91. The summed E-state index contributed by atoms with van der Waals surface area (Å²) in [6.07, 6.45) is 1.34. The van der Waals surface area contributed by atoms with E-state index in [-0.39, 0.29) is 11.4 Å². The number of H-pyrrole nitrogens is 1. The Kier molecular flexibility index (Phi) is 3.82. The van der Waals surface area contributed by atoms with Gasteiger partial charge in [-0.3, -0.25) is 5.10 Å². The Hall–Kier alpha value is -1.93. The van der Waals surface area contributed by atoms with Gasteiger partial charge in [-0.05, 0) is 24.3 Å². The van der Waals surface area contributed by atoms with E-state index in [0.29, 0.717) is 11.6 Å². The third-order valence-electron chi connectivity index (χ3n) is 2.60. The SMILES string of the molecule is COc1ccc(S(=O)(=O)N(C)Cc2ncn[nH]2)cc1. The molecule has 0 bridgehead atoms. The number of nitrogens with zero attached hydrogens (tertiary/aromatic N) is 3. The maximum atomic E-state index is 12.3. The third-order valence-corrected chi connectivity index (χ3v) is 4.42. The highest BCUT2D eigenvalue weighted by molar-refractivity contribution is 7.89. The maximum absolute atomic E-state index is 12.3. The number of ether oxygens (including phenoxy) is 1. The van der Waals surface area contributed by atoms with Crippen LogP contribution in [0.25, 0.3) is 0 Å². The molecule has 102 valence electrons. The summed E-state index contributed by atoms with van der Waals surface area (Å²) < 4.78 is 30.8. The van der Waals surface area contributed by atoms with Crippen LogP contribution in [0.3, 0.4) is 0 Å². The number of nitrogens with one attached hydrogen (secondary N) is 1. The Bertz CT molecular complexity index is 622. The van der Waals surface area contributed by atoms with Gasteiger partial charge in [-0.25, -0.2) is 13.4 Å². The lowest BCUT2D eigenvalue weighted by Crippen LogP contribution is -2.27. The molecule has 0 atom stereocenters. The minimum atomic E-state index is -3.55. The van der Waals surface area contributed by atoms with E-state index in [2.05, 4.69) is 15.2 Å². The van der Waals surface area contributed by atoms with Crippen molar-refractivity contribution in [3.63, 3.8) is 0 Å². The average Bonchev–Trinajstić information content (AvgIpc) is 2.91. The molecule has 1 N–H and O–H groups in total. The number of methoxy groups -OCH3 is 1. The zero-order valence-corrected chi connectivity index (χ0v) is 11.4. The van der Waals surface area contributed by atoms with Gasteiger partial charge in [0.25, 0.3) is 0 Å². The predicted molar refractivity (Wildman–Crippen MR) is 68.0 cm³/mol. The van der Waals surface area contributed by atoms with Crippen molar-refractivity contribution in [1.29, 1.82) is 0 Å². The second kappa shape index (κ2) is 5.37. The van der Waals surface area contributed by atoms with E-state index in [4.69, 9.17) is 4.74 Å². The molecule has 0 unspecified atom stereocenters. The van der Waals surface area contributed by atoms with Gasteiger partial charge >= 0.3 is 0 Å². The van der Waals surface area contributed by atoms with Gasteiger partial charge in [0, 0.05) is 7.05 Å². The van der Waals surface area contributed by atoms with E-state index in [1.165, 1.54) is 36.9 Å². The third kappa shape index (κ3) is 2.91. The van der Waals surface area contributed by atoms with Crippen LogP contribution in [0.2, 0.25) is 0 Å². The van der Waals surface area contributed by atoms with Crippen molar-refractivity contribution in [2.75, 3.05) is 14.2 Å². The highest BCUT2D eigenvalue weighted by atomic mass is 32.2. The van der Waals surface area contributed by atoms with Gasteiger partial charge < -0.3 is 4.74 Å². The van der Waals surface area contributed by atoms with Crippen LogP contribution in [0.1, 0.15) is 5.82 Å². The summed E-state index contributed by atoms with van der Waals surface area (Å²) in [5.74, 6) is 1.09. The quantitative estimate of drug-likeness (QED) is 0.869. The van der Waals surface area contributed by atoms with Gasteiger partial charge in [0.1, 0.15) is 17.9 Å². The molecule has 0 aliphatic carbocycles. The van der Waals surface area contributed by atoms with Crippen LogP contribution < -0.4 is 4.74 Å². The highest BCUT2D eigenvalue weighted by Crippen LogP contribution is 2.19. The van der Waals surface area contributed by atoms with Crippen LogP contribution in [0, 0.1) is 0 Å². The summed E-state index contributed by atoms with van der Waals surface area (Å²) in [6.45, 7) is 0.133. The molecule has 2 aromatic rings. The lowest BCUT2D eigenvalue weighted by atomic mass is 10.3. The van der Waals surface area contributed by atoms with E-state index < -0.39 is 10.0 Å². The molecule has 0 spiro atoms. The average molecular weight is 282 g/mol. The first-order valence-electron chi connectivity index (χ1n) is 5.48. The summed E-state index contributed by atoms with van der Waals surface area (Å²) >= 11 is 0. The van der Waals surface area contributed by atoms with E-state index in [1.54, 1.807) is 12.1 Å². The van der Waals surface area contributed by atoms with Crippen molar-refractivity contribution >= 4 is 10.0 Å². The minimum Gasteiger partial charge on any atom is -0.497 e. The number of benzene rings is 1. The highest BCUT2D eigenvalue weighted by Gasteiger charge is 2.21. The van der Waals surface area contributed by atoms with Crippen molar-refractivity contribution in [2.45, 2.75) is 11.4 Å². The zero-order valence-electron chi connectivity index (χ0n) is 10.6. The summed E-state index contributed by atoms with van der Waals surface area (Å²) in [6, 6.07) is 6.22. The van der Waals surface area contributed by atoms with E-state index in [1.807, 2.05) is 0 Å². The maximum Gasteiger partial charge on any atom is 0.243 e.